The average Bonchev–Trinajstić information content (AvgIpc) is 2.48. The molecule has 0 aliphatic heterocycles. The quantitative estimate of drug-likeness (QED) is 0.729. The molecule has 118 valence electrons. The van der Waals surface area contributed by atoms with Gasteiger partial charge in [-0.1, -0.05) is 39.7 Å². The lowest BCUT2D eigenvalue weighted by Crippen LogP contribution is -2.12. The zero-order chi connectivity index (χ0) is 17.0. The van der Waals surface area contributed by atoms with Crippen LogP contribution in [0.15, 0.2) is 53.0 Å². The maximum absolute atomic E-state index is 12.1. The van der Waals surface area contributed by atoms with Crippen LogP contribution >= 0.6 is 27.5 Å². The number of aromatic carboxylic acids is 1. The van der Waals surface area contributed by atoms with Crippen LogP contribution < -0.4 is 5.32 Å². The van der Waals surface area contributed by atoms with Gasteiger partial charge in [0, 0.05) is 15.6 Å². The molecule has 2 N–H and O–H groups in total. The summed E-state index contributed by atoms with van der Waals surface area (Å²) in [7, 11) is 0. The van der Waals surface area contributed by atoms with Crippen molar-refractivity contribution in [3.63, 3.8) is 0 Å². The van der Waals surface area contributed by atoms with Crippen molar-refractivity contribution in [2.24, 2.45) is 0 Å². The Morgan fingerprint density at radius 2 is 1.96 bits per heavy atom. The van der Waals surface area contributed by atoms with E-state index in [9.17, 15) is 9.59 Å². The van der Waals surface area contributed by atoms with E-state index in [1.807, 2.05) is 24.3 Å². The maximum Gasteiger partial charge on any atom is 0.337 e. The predicted molar refractivity (Wildman–Crippen MR) is 94.8 cm³/mol. The molecule has 0 aliphatic carbocycles. The van der Waals surface area contributed by atoms with Crippen LogP contribution in [0, 0.1) is 0 Å². The van der Waals surface area contributed by atoms with Crippen LogP contribution in [0.3, 0.4) is 0 Å². The molecule has 2 aromatic rings. The Labute approximate surface area is 146 Å². The summed E-state index contributed by atoms with van der Waals surface area (Å²) in [4.78, 5) is 23.3. The van der Waals surface area contributed by atoms with Crippen LogP contribution in [0.4, 0.5) is 5.69 Å². The lowest BCUT2D eigenvalue weighted by atomic mass is 10.1. The maximum atomic E-state index is 12.1. The molecule has 6 heteroatoms. The van der Waals surface area contributed by atoms with E-state index >= 15 is 0 Å². The highest BCUT2D eigenvalue weighted by Crippen LogP contribution is 2.22. The Morgan fingerprint density at radius 3 is 2.61 bits per heavy atom. The molecule has 0 bridgehead atoms. The number of allylic oxidation sites excluding steroid dienone is 1. The summed E-state index contributed by atoms with van der Waals surface area (Å²) in [6.07, 6.45) is 1.42. The lowest BCUT2D eigenvalue weighted by Gasteiger charge is -2.08. The number of amides is 1. The number of hydrogen-bond donors (Lipinski definition) is 2. The van der Waals surface area contributed by atoms with E-state index in [0.717, 1.165) is 15.6 Å². The van der Waals surface area contributed by atoms with Gasteiger partial charge in [-0.15, -0.1) is 0 Å². The van der Waals surface area contributed by atoms with E-state index in [-0.39, 0.29) is 11.3 Å². The van der Waals surface area contributed by atoms with Crippen LogP contribution in [0.25, 0.3) is 5.57 Å². The van der Waals surface area contributed by atoms with E-state index in [1.165, 1.54) is 24.3 Å². The number of carboxylic acid groups (broad SMARTS) is 1. The monoisotopic (exact) mass is 393 g/mol. The molecule has 0 saturated heterocycles. The molecule has 2 aromatic carbocycles. The number of benzene rings is 2. The molecule has 2 rings (SSSR count). The van der Waals surface area contributed by atoms with E-state index in [1.54, 1.807) is 6.92 Å². The third kappa shape index (κ3) is 4.68. The van der Waals surface area contributed by atoms with Gasteiger partial charge in [-0.25, -0.2) is 4.79 Å². The van der Waals surface area contributed by atoms with Crippen molar-refractivity contribution in [3.05, 3.63) is 69.2 Å². The van der Waals surface area contributed by atoms with Crippen molar-refractivity contribution >= 4 is 50.7 Å². The first kappa shape index (κ1) is 17.2. The standard InChI is InChI=1S/C17H13BrClNO3/c1-10(11-3-2-4-12(18)8-11)7-16(21)20-15-6-5-13(19)9-14(15)17(22)23/h2-9H,1H3,(H,20,21)(H,22,23)/b10-7+. The molecule has 0 saturated carbocycles. The Hall–Kier alpha value is -2.11. The molecule has 0 radical (unpaired) electrons. The summed E-state index contributed by atoms with van der Waals surface area (Å²) in [5.74, 6) is -1.57. The van der Waals surface area contributed by atoms with Crippen LogP contribution in [0.5, 0.6) is 0 Å². The smallest absolute Gasteiger partial charge is 0.337 e. The largest absolute Gasteiger partial charge is 0.478 e. The Balaban J connectivity index is 2.23. The topological polar surface area (TPSA) is 66.4 Å². The number of rotatable bonds is 4. The number of carboxylic acids is 1. The Kier molecular flexibility index (Phi) is 5.58. The average molecular weight is 395 g/mol. The number of hydrogen-bond acceptors (Lipinski definition) is 2. The van der Waals surface area contributed by atoms with E-state index in [2.05, 4.69) is 21.2 Å². The molecule has 1 amide bonds. The molecule has 23 heavy (non-hydrogen) atoms. The fourth-order valence-corrected chi connectivity index (χ4v) is 2.56. The van der Waals surface area contributed by atoms with Gasteiger partial charge in [0.15, 0.2) is 0 Å². The summed E-state index contributed by atoms with van der Waals surface area (Å²) < 4.78 is 0.911. The van der Waals surface area contributed by atoms with E-state index in [0.29, 0.717) is 5.02 Å². The predicted octanol–water partition coefficient (Wildman–Crippen LogP) is 4.84. The second kappa shape index (κ2) is 7.44. The first-order valence-corrected chi connectivity index (χ1v) is 7.82. The van der Waals surface area contributed by atoms with Crippen LogP contribution in [-0.2, 0) is 4.79 Å². The zero-order valence-corrected chi connectivity index (χ0v) is 14.5. The van der Waals surface area contributed by atoms with Crippen molar-refractivity contribution in [2.75, 3.05) is 5.32 Å². The third-order valence-electron chi connectivity index (χ3n) is 3.10. The van der Waals surface area contributed by atoms with Crippen molar-refractivity contribution in [1.29, 1.82) is 0 Å². The third-order valence-corrected chi connectivity index (χ3v) is 3.83. The lowest BCUT2D eigenvalue weighted by molar-refractivity contribution is -0.111. The van der Waals surface area contributed by atoms with E-state index < -0.39 is 11.9 Å². The van der Waals surface area contributed by atoms with Gasteiger partial charge < -0.3 is 10.4 Å². The number of carbonyl (C=O) groups is 2. The molecule has 0 aliphatic rings. The summed E-state index contributed by atoms with van der Waals surface area (Å²) in [5.41, 5.74) is 1.79. The first-order valence-electron chi connectivity index (χ1n) is 6.65. The Bertz CT molecular complexity index is 802. The van der Waals surface area contributed by atoms with Crippen molar-refractivity contribution in [3.8, 4) is 0 Å². The van der Waals surface area contributed by atoms with Crippen molar-refractivity contribution < 1.29 is 14.7 Å². The van der Waals surface area contributed by atoms with Gasteiger partial charge in [0.05, 0.1) is 11.3 Å². The van der Waals surface area contributed by atoms with Crippen LogP contribution in [-0.4, -0.2) is 17.0 Å². The highest BCUT2D eigenvalue weighted by molar-refractivity contribution is 9.10. The number of anilines is 1. The fraction of sp³-hybridized carbons (Fsp3) is 0.0588. The van der Waals surface area contributed by atoms with Gasteiger partial charge in [0.25, 0.3) is 0 Å². The molecule has 0 fully saturated rings. The fourth-order valence-electron chi connectivity index (χ4n) is 1.98. The summed E-state index contributed by atoms with van der Waals surface area (Å²) in [5, 5.41) is 12.0. The summed E-state index contributed by atoms with van der Waals surface area (Å²) in [6, 6.07) is 11.8. The first-order chi connectivity index (χ1) is 10.9. The van der Waals surface area contributed by atoms with Gasteiger partial charge in [0.2, 0.25) is 5.91 Å². The minimum Gasteiger partial charge on any atom is -0.478 e. The Morgan fingerprint density at radius 1 is 1.22 bits per heavy atom. The SMILES string of the molecule is C/C(=C\C(=O)Nc1ccc(Cl)cc1C(=O)O)c1cccc(Br)c1. The normalized spacial score (nSPS) is 11.2. The molecule has 4 nitrogen and oxygen atoms in total. The van der Waals surface area contributed by atoms with Crippen LogP contribution in [0.1, 0.15) is 22.8 Å². The zero-order valence-electron chi connectivity index (χ0n) is 12.1. The molecule has 0 unspecified atom stereocenters. The molecular weight excluding hydrogens is 382 g/mol. The summed E-state index contributed by atoms with van der Waals surface area (Å²) in [6.45, 7) is 1.81. The van der Waals surface area contributed by atoms with Crippen LogP contribution in [0.2, 0.25) is 5.02 Å². The van der Waals surface area contributed by atoms with Gasteiger partial charge in [0.1, 0.15) is 0 Å². The van der Waals surface area contributed by atoms with Crippen molar-refractivity contribution in [1.82, 2.24) is 0 Å². The number of nitrogens with one attached hydrogen (secondary N) is 1. The molecule has 0 aromatic heterocycles. The highest BCUT2D eigenvalue weighted by Gasteiger charge is 2.12. The minimum atomic E-state index is -1.16. The van der Waals surface area contributed by atoms with Crippen molar-refractivity contribution in [2.45, 2.75) is 6.92 Å². The minimum absolute atomic E-state index is 0.0561. The van der Waals surface area contributed by atoms with Gasteiger partial charge in [-0.05, 0) is 48.4 Å². The van der Waals surface area contributed by atoms with E-state index in [4.69, 9.17) is 16.7 Å². The molecule has 0 heterocycles. The second-order valence-electron chi connectivity index (χ2n) is 4.82. The number of halogens is 2. The highest BCUT2D eigenvalue weighted by atomic mass is 79.9. The molecule has 0 spiro atoms. The van der Waals surface area contributed by atoms with Gasteiger partial charge in [-0.3, -0.25) is 4.79 Å². The second-order valence-corrected chi connectivity index (χ2v) is 6.17. The summed E-state index contributed by atoms with van der Waals surface area (Å²) >= 11 is 9.16. The molecule has 0 atom stereocenters. The molecular formula is C17H13BrClNO3. The van der Waals surface area contributed by atoms with Gasteiger partial charge in [-0.2, -0.15) is 0 Å². The number of carbonyl (C=O) groups excluding carboxylic acids is 1. The van der Waals surface area contributed by atoms with Gasteiger partial charge >= 0.3 is 5.97 Å².